The second-order valence-electron chi connectivity index (χ2n) is 4.92. The molecule has 1 aromatic carbocycles. The SMILES string of the molecule is CC[C@@](C)(C#N)NC(=O)CN(C)S(=O)(=O)c1ccccc1. The van der Waals surface area contributed by atoms with E-state index in [2.05, 4.69) is 5.32 Å². The van der Waals surface area contributed by atoms with Gasteiger partial charge in [0.15, 0.2) is 0 Å². The number of amides is 1. The van der Waals surface area contributed by atoms with E-state index in [1.165, 1.54) is 19.2 Å². The maximum atomic E-state index is 12.3. The molecule has 114 valence electrons. The Hall–Kier alpha value is -1.91. The van der Waals surface area contributed by atoms with Gasteiger partial charge in [-0.1, -0.05) is 25.1 Å². The minimum absolute atomic E-state index is 0.124. The van der Waals surface area contributed by atoms with E-state index in [0.29, 0.717) is 6.42 Å². The number of hydrogen-bond acceptors (Lipinski definition) is 4. The van der Waals surface area contributed by atoms with Crippen LogP contribution in [0.5, 0.6) is 0 Å². The highest BCUT2D eigenvalue weighted by Crippen LogP contribution is 2.13. The zero-order chi connectivity index (χ0) is 16.1. The summed E-state index contributed by atoms with van der Waals surface area (Å²) in [5, 5.41) is 11.6. The lowest BCUT2D eigenvalue weighted by atomic mass is 10.0. The van der Waals surface area contributed by atoms with Crippen molar-refractivity contribution >= 4 is 15.9 Å². The number of likely N-dealkylation sites (N-methyl/N-ethyl adjacent to an activating group) is 1. The van der Waals surface area contributed by atoms with Crippen LogP contribution >= 0.6 is 0 Å². The third-order valence-electron chi connectivity index (χ3n) is 3.19. The van der Waals surface area contributed by atoms with Crippen LogP contribution in [0.15, 0.2) is 35.2 Å². The Morgan fingerprint density at radius 3 is 2.43 bits per heavy atom. The summed E-state index contributed by atoms with van der Waals surface area (Å²) in [5.74, 6) is -0.511. The Kier molecular flexibility index (Phi) is 5.47. The van der Waals surface area contributed by atoms with Gasteiger partial charge < -0.3 is 5.32 Å². The van der Waals surface area contributed by atoms with Crippen LogP contribution in [-0.4, -0.2) is 37.8 Å². The summed E-state index contributed by atoms with van der Waals surface area (Å²) in [6.45, 7) is 3.03. The van der Waals surface area contributed by atoms with E-state index < -0.39 is 21.5 Å². The lowest BCUT2D eigenvalue weighted by Crippen LogP contribution is -2.48. The number of nitriles is 1. The molecule has 21 heavy (non-hydrogen) atoms. The summed E-state index contributed by atoms with van der Waals surface area (Å²) in [7, 11) is -2.38. The van der Waals surface area contributed by atoms with Gasteiger partial charge in [0.1, 0.15) is 5.54 Å². The van der Waals surface area contributed by atoms with Gasteiger partial charge in [0, 0.05) is 7.05 Å². The largest absolute Gasteiger partial charge is 0.337 e. The number of rotatable bonds is 6. The predicted molar refractivity (Wildman–Crippen MR) is 78.7 cm³/mol. The molecule has 1 amide bonds. The third-order valence-corrected chi connectivity index (χ3v) is 5.00. The van der Waals surface area contributed by atoms with Crippen LogP contribution in [0, 0.1) is 11.3 Å². The summed E-state index contributed by atoms with van der Waals surface area (Å²) in [4.78, 5) is 12.0. The van der Waals surface area contributed by atoms with E-state index in [4.69, 9.17) is 5.26 Å². The van der Waals surface area contributed by atoms with Crippen molar-refractivity contribution in [3.63, 3.8) is 0 Å². The van der Waals surface area contributed by atoms with Gasteiger partial charge in [-0.05, 0) is 25.5 Å². The first-order valence-corrected chi connectivity index (χ1v) is 7.93. The van der Waals surface area contributed by atoms with Gasteiger partial charge in [-0.3, -0.25) is 4.79 Å². The molecule has 0 aromatic heterocycles. The zero-order valence-corrected chi connectivity index (χ0v) is 13.1. The van der Waals surface area contributed by atoms with Crippen LogP contribution in [0.25, 0.3) is 0 Å². The van der Waals surface area contributed by atoms with E-state index in [1.807, 2.05) is 6.07 Å². The summed E-state index contributed by atoms with van der Waals surface area (Å²) >= 11 is 0. The Morgan fingerprint density at radius 1 is 1.38 bits per heavy atom. The molecule has 0 aliphatic carbocycles. The van der Waals surface area contributed by atoms with Crippen LogP contribution in [0.2, 0.25) is 0 Å². The predicted octanol–water partition coefficient (Wildman–Crippen LogP) is 1.12. The zero-order valence-electron chi connectivity index (χ0n) is 12.3. The van der Waals surface area contributed by atoms with Crippen molar-refractivity contribution in [3.8, 4) is 6.07 Å². The summed E-state index contributed by atoms with van der Waals surface area (Å²) < 4.78 is 25.5. The molecule has 0 aliphatic heterocycles. The molecule has 1 atom stereocenters. The number of nitrogens with one attached hydrogen (secondary N) is 1. The number of carbonyl (C=O) groups is 1. The average Bonchev–Trinajstić information content (AvgIpc) is 2.47. The summed E-state index contributed by atoms with van der Waals surface area (Å²) in [5.41, 5.74) is -0.992. The van der Waals surface area contributed by atoms with Gasteiger partial charge in [0.25, 0.3) is 0 Å². The average molecular weight is 309 g/mol. The fraction of sp³-hybridized carbons (Fsp3) is 0.429. The molecule has 0 radical (unpaired) electrons. The fourth-order valence-corrected chi connectivity index (χ4v) is 2.75. The molecular weight excluding hydrogens is 290 g/mol. The molecule has 0 aliphatic rings. The van der Waals surface area contributed by atoms with Crippen LogP contribution in [0.3, 0.4) is 0 Å². The highest BCUT2D eigenvalue weighted by Gasteiger charge is 2.27. The molecular formula is C14H19N3O3S. The molecule has 0 bridgehead atoms. The first-order chi connectivity index (χ1) is 9.75. The monoisotopic (exact) mass is 309 g/mol. The minimum Gasteiger partial charge on any atom is -0.337 e. The molecule has 1 aromatic rings. The molecule has 0 saturated carbocycles. The molecule has 6 nitrogen and oxygen atoms in total. The summed E-state index contributed by atoms with van der Waals surface area (Å²) in [6.07, 6.45) is 0.435. The van der Waals surface area contributed by atoms with Crippen molar-refractivity contribution in [2.24, 2.45) is 0 Å². The molecule has 0 heterocycles. The van der Waals surface area contributed by atoms with Crippen LogP contribution in [0.4, 0.5) is 0 Å². The van der Waals surface area contributed by atoms with E-state index in [-0.39, 0.29) is 11.4 Å². The van der Waals surface area contributed by atoms with Crippen molar-refractivity contribution in [1.29, 1.82) is 5.26 Å². The third kappa shape index (κ3) is 4.28. The number of hydrogen-bond donors (Lipinski definition) is 1. The normalized spacial score (nSPS) is 14.2. The highest BCUT2D eigenvalue weighted by atomic mass is 32.2. The van der Waals surface area contributed by atoms with Gasteiger partial charge in [0.05, 0.1) is 17.5 Å². The van der Waals surface area contributed by atoms with Crippen molar-refractivity contribution in [1.82, 2.24) is 9.62 Å². The molecule has 0 spiro atoms. The van der Waals surface area contributed by atoms with Gasteiger partial charge in [0.2, 0.25) is 15.9 Å². The summed E-state index contributed by atoms with van der Waals surface area (Å²) in [6, 6.07) is 9.88. The second kappa shape index (κ2) is 6.70. The van der Waals surface area contributed by atoms with Gasteiger partial charge in [-0.15, -0.1) is 0 Å². The van der Waals surface area contributed by atoms with E-state index in [0.717, 1.165) is 4.31 Å². The van der Waals surface area contributed by atoms with Crippen LogP contribution in [0.1, 0.15) is 20.3 Å². The topological polar surface area (TPSA) is 90.3 Å². The Morgan fingerprint density at radius 2 is 1.95 bits per heavy atom. The van der Waals surface area contributed by atoms with Gasteiger partial charge >= 0.3 is 0 Å². The molecule has 0 fully saturated rings. The van der Waals surface area contributed by atoms with E-state index in [9.17, 15) is 13.2 Å². The standard InChI is InChI=1S/C14H19N3O3S/c1-4-14(2,11-15)16-13(18)10-17(3)21(19,20)12-8-6-5-7-9-12/h5-9H,4,10H2,1-3H3,(H,16,18)/t14-/m0/s1. The van der Waals surface area contributed by atoms with Crippen molar-refractivity contribution in [3.05, 3.63) is 30.3 Å². The van der Waals surface area contributed by atoms with Crippen LogP contribution in [-0.2, 0) is 14.8 Å². The first-order valence-electron chi connectivity index (χ1n) is 6.49. The number of benzene rings is 1. The molecule has 0 saturated heterocycles. The van der Waals surface area contributed by atoms with Gasteiger partial charge in [-0.25, -0.2) is 8.42 Å². The lowest BCUT2D eigenvalue weighted by Gasteiger charge is -2.23. The smallest absolute Gasteiger partial charge is 0.243 e. The Balaban J connectivity index is 2.80. The molecule has 1 rings (SSSR count). The van der Waals surface area contributed by atoms with Crippen LogP contribution < -0.4 is 5.32 Å². The van der Waals surface area contributed by atoms with Crippen molar-refractivity contribution in [2.75, 3.05) is 13.6 Å². The number of carbonyl (C=O) groups excluding carboxylic acids is 1. The molecule has 7 heteroatoms. The first kappa shape index (κ1) is 17.1. The van der Waals surface area contributed by atoms with Crippen molar-refractivity contribution < 1.29 is 13.2 Å². The Labute approximate surface area is 125 Å². The van der Waals surface area contributed by atoms with Gasteiger partial charge in [-0.2, -0.15) is 9.57 Å². The number of nitrogens with zero attached hydrogens (tertiary/aromatic N) is 2. The second-order valence-corrected chi connectivity index (χ2v) is 6.96. The van der Waals surface area contributed by atoms with E-state index in [1.54, 1.807) is 32.0 Å². The number of sulfonamides is 1. The lowest BCUT2D eigenvalue weighted by molar-refractivity contribution is -0.122. The fourth-order valence-electron chi connectivity index (χ4n) is 1.60. The Bertz CT molecular complexity index is 637. The maximum absolute atomic E-state index is 12.3. The van der Waals surface area contributed by atoms with E-state index >= 15 is 0 Å². The molecule has 1 N–H and O–H groups in total. The maximum Gasteiger partial charge on any atom is 0.243 e. The minimum atomic E-state index is -3.71. The van der Waals surface area contributed by atoms with Crippen molar-refractivity contribution in [2.45, 2.75) is 30.7 Å². The quantitative estimate of drug-likeness (QED) is 0.852. The molecule has 0 unspecified atom stereocenters. The highest BCUT2D eigenvalue weighted by molar-refractivity contribution is 7.89.